The number of ether oxygens (including phenoxy) is 2. The summed E-state index contributed by atoms with van der Waals surface area (Å²) < 4.78 is 174. The molecule has 0 amide bonds. The predicted octanol–water partition coefficient (Wildman–Crippen LogP) is 5.55. The molecule has 0 radical (unpaired) electrons. The quantitative estimate of drug-likeness (QED) is 0.417. The molecule has 2 nitrogen and oxygen atoms in total. The standard InChI is InChI=1S/C8F14O2/c9-1(2(10)11)5(15,16)24-8(21,22)6(17,18)7(19,20)23-4(14)3(12)13. The van der Waals surface area contributed by atoms with Crippen molar-refractivity contribution in [2.75, 3.05) is 0 Å². The van der Waals surface area contributed by atoms with Crippen LogP contribution in [0.2, 0.25) is 0 Å². The molecule has 0 aliphatic heterocycles. The van der Waals surface area contributed by atoms with Gasteiger partial charge in [0.1, 0.15) is 0 Å². The van der Waals surface area contributed by atoms with Gasteiger partial charge >= 0.3 is 42.4 Å². The van der Waals surface area contributed by atoms with Crippen molar-refractivity contribution in [1.82, 2.24) is 0 Å². The first-order valence-electron chi connectivity index (χ1n) is 4.71. The molecule has 0 aromatic rings. The highest BCUT2D eigenvalue weighted by atomic mass is 19.4. The smallest absolute Gasteiger partial charge is 0.397 e. The van der Waals surface area contributed by atoms with Crippen molar-refractivity contribution in [2.24, 2.45) is 0 Å². The largest absolute Gasteiger partial charge is 0.475 e. The summed E-state index contributed by atoms with van der Waals surface area (Å²) >= 11 is 0. The Morgan fingerprint density at radius 1 is 0.583 bits per heavy atom. The van der Waals surface area contributed by atoms with E-state index >= 15 is 0 Å². The molecule has 142 valence electrons. The Balaban J connectivity index is 5.75. The van der Waals surface area contributed by atoms with Crippen LogP contribution in [0.5, 0.6) is 0 Å². The van der Waals surface area contributed by atoms with Crippen LogP contribution in [-0.4, -0.2) is 24.2 Å². The van der Waals surface area contributed by atoms with Crippen LogP contribution >= 0.6 is 0 Å². The fraction of sp³-hybridized carbons (Fsp3) is 0.500. The molecule has 24 heavy (non-hydrogen) atoms. The van der Waals surface area contributed by atoms with E-state index in [1.54, 1.807) is 4.74 Å². The van der Waals surface area contributed by atoms with Crippen molar-refractivity contribution >= 4 is 0 Å². The molecule has 0 atom stereocenters. The van der Waals surface area contributed by atoms with Gasteiger partial charge in [-0.15, -0.1) is 0 Å². The molecule has 0 saturated heterocycles. The third kappa shape index (κ3) is 4.41. The molecule has 0 bridgehead atoms. The van der Waals surface area contributed by atoms with Crippen molar-refractivity contribution < 1.29 is 70.9 Å². The van der Waals surface area contributed by atoms with Crippen molar-refractivity contribution in [3.05, 3.63) is 24.0 Å². The molecule has 0 rings (SSSR count). The van der Waals surface area contributed by atoms with Crippen LogP contribution < -0.4 is 0 Å². The van der Waals surface area contributed by atoms with Gasteiger partial charge in [-0.3, -0.25) is 0 Å². The molecule has 0 spiro atoms. The molecular formula is C8F14O2. The van der Waals surface area contributed by atoms with E-state index in [1.165, 1.54) is 0 Å². The highest BCUT2D eigenvalue weighted by Gasteiger charge is 2.78. The Morgan fingerprint density at radius 2 is 1.00 bits per heavy atom. The van der Waals surface area contributed by atoms with Gasteiger partial charge in [0.2, 0.25) is 0 Å². The average molecular weight is 394 g/mol. The molecule has 0 aromatic heterocycles. The van der Waals surface area contributed by atoms with Crippen LogP contribution in [-0.2, 0) is 9.47 Å². The van der Waals surface area contributed by atoms with Gasteiger partial charge in [-0.1, -0.05) is 0 Å². The predicted molar refractivity (Wildman–Crippen MR) is 42.7 cm³/mol. The Labute approximate surface area is 120 Å². The molecular weight excluding hydrogens is 394 g/mol. The summed E-state index contributed by atoms with van der Waals surface area (Å²) in [5.41, 5.74) is 0. The molecule has 0 aromatic carbocycles. The minimum absolute atomic E-state index is 1.63. The van der Waals surface area contributed by atoms with E-state index in [-0.39, 0.29) is 0 Å². The first-order chi connectivity index (χ1) is 10.4. The topological polar surface area (TPSA) is 18.5 Å². The Morgan fingerprint density at radius 3 is 1.33 bits per heavy atom. The van der Waals surface area contributed by atoms with Gasteiger partial charge in [-0.05, 0) is 0 Å². The maximum absolute atomic E-state index is 12.8. The number of hydrogen-bond donors (Lipinski definition) is 0. The maximum atomic E-state index is 12.8. The van der Waals surface area contributed by atoms with Crippen LogP contribution in [0.25, 0.3) is 0 Å². The van der Waals surface area contributed by atoms with Crippen LogP contribution in [0.3, 0.4) is 0 Å². The second-order valence-corrected chi connectivity index (χ2v) is 3.44. The van der Waals surface area contributed by atoms with E-state index in [4.69, 9.17) is 0 Å². The zero-order valence-electron chi connectivity index (χ0n) is 10.1. The maximum Gasteiger partial charge on any atom is 0.475 e. The Kier molecular flexibility index (Phi) is 6.16. The van der Waals surface area contributed by atoms with Gasteiger partial charge in [0.25, 0.3) is 5.83 Å². The van der Waals surface area contributed by atoms with Crippen molar-refractivity contribution in [3.8, 4) is 0 Å². The van der Waals surface area contributed by atoms with Crippen LogP contribution in [0, 0.1) is 0 Å². The lowest BCUT2D eigenvalue weighted by atomic mass is 10.3. The lowest BCUT2D eigenvalue weighted by Crippen LogP contribution is -2.58. The molecule has 0 aliphatic carbocycles. The number of hydrogen-bond acceptors (Lipinski definition) is 2. The summed E-state index contributed by atoms with van der Waals surface area (Å²) in [6.07, 6.45) is -28.5. The summed E-state index contributed by atoms with van der Waals surface area (Å²) in [7, 11) is 0. The van der Waals surface area contributed by atoms with E-state index < -0.39 is 48.2 Å². The van der Waals surface area contributed by atoms with E-state index in [9.17, 15) is 61.5 Å². The average Bonchev–Trinajstić information content (AvgIpc) is 2.35. The molecule has 0 fully saturated rings. The van der Waals surface area contributed by atoms with E-state index in [2.05, 4.69) is 0 Å². The van der Waals surface area contributed by atoms with Crippen LogP contribution in [0.4, 0.5) is 61.5 Å². The fourth-order valence-electron chi connectivity index (χ4n) is 0.765. The van der Waals surface area contributed by atoms with Crippen molar-refractivity contribution in [2.45, 2.75) is 24.2 Å². The fourth-order valence-corrected chi connectivity index (χ4v) is 0.765. The minimum atomic E-state index is -7.34. The number of alkyl halides is 8. The second-order valence-electron chi connectivity index (χ2n) is 3.44. The van der Waals surface area contributed by atoms with Gasteiger partial charge < -0.3 is 4.74 Å². The molecule has 0 aliphatic rings. The van der Waals surface area contributed by atoms with E-state index in [0.29, 0.717) is 0 Å². The second kappa shape index (κ2) is 6.64. The SMILES string of the molecule is FC(F)=C(F)OC(F)(F)C(F)(F)C(F)(F)OC(F)(F)C(F)=C(F)F. The monoisotopic (exact) mass is 394 g/mol. The molecule has 16 heteroatoms. The molecule has 0 N–H and O–H groups in total. The van der Waals surface area contributed by atoms with Crippen molar-refractivity contribution in [3.63, 3.8) is 0 Å². The van der Waals surface area contributed by atoms with E-state index in [1.807, 2.05) is 4.74 Å². The van der Waals surface area contributed by atoms with Gasteiger partial charge in [-0.25, -0.2) is 4.74 Å². The van der Waals surface area contributed by atoms with Gasteiger partial charge in [-0.2, -0.15) is 61.5 Å². The molecule has 0 saturated carbocycles. The lowest BCUT2D eigenvalue weighted by molar-refractivity contribution is -0.481. The van der Waals surface area contributed by atoms with Crippen LogP contribution in [0.15, 0.2) is 24.0 Å². The highest BCUT2D eigenvalue weighted by Crippen LogP contribution is 2.50. The first kappa shape index (κ1) is 22.3. The summed E-state index contributed by atoms with van der Waals surface area (Å²) in [6.45, 7) is 0. The highest BCUT2D eigenvalue weighted by molar-refractivity contribution is 5.01. The summed E-state index contributed by atoms with van der Waals surface area (Å²) in [6, 6.07) is -3.79. The van der Waals surface area contributed by atoms with E-state index in [0.717, 1.165) is 0 Å². The first-order valence-corrected chi connectivity index (χ1v) is 4.71. The minimum Gasteiger partial charge on any atom is -0.397 e. The normalized spacial score (nSPS) is 13.6. The Hall–Kier alpha value is -1.74. The zero-order chi connectivity index (χ0) is 19.7. The molecule has 0 heterocycles. The summed E-state index contributed by atoms with van der Waals surface area (Å²) in [4.78, 5) is 0. The van der Waals surface area contributed by atoms with Gasteiger partial charge in [0.05, 0.1) is 0 Å². The third-order valence-corrected chi connectivity index (χ3v) is 1.78. The van der Waals surface area contributed by atoms with Crippen molar-refractivity contribution in [1.29, 1.82) is 0 Å². The summed E-state index contributed by atoms with van der Waals surface area (Å²) in [5, 5.41) is 0. The molecule has 0 unspecified atom stereocenters. The summed E-state index contributed by atoms with van der Waals surface area (Å²) in [5.74, 6) is -11.5. The van der Waals surface area contributed by atoms with Gasteiger partial charge in [0.15, 0.2) is 0 Å². The number of rotatable bonds is 7. The zero-order valence-corrected chi connectivity index (χ0v) is 10.1. The Bertz CT molecular complexity index is 527. The third-order valence-electron chi connectivity index (χ3n) is 1.78. The van der Waals surface area contributed by atoms with Gasteiger partial charge in [0, 0.05) is 0 Å². The lowest BCUT2D eigenvalue weighted by Gasteiger charge is -2.32. The number of halogens is 14. The van der Waals surface area contributed by atoms with Crippen LogP contribution in [0.1, 0.15) is 0 Å².